The molecule has 0 amide bonds. The smallest absolute Gasteiger partial charge is 0.462 e. The molecule has 11 heteroatoms. The Bertz CT molecular complexity index is 1260. The summed E-state index contributed by atoms with van der Waals surface area (Å²) in [5.41, 5.74) is 0. The van der Waals surface area contributed by atoms with Gasteiger partial charge in [0.05, 0.1) is 19.8 Å². The van der Waals surface area contributed by atoms with E-state index in [1.54, 1.807) is 0 Å². The fourth-order valence-corrected chi connectivity index (χ4v) is 5.75. The van der Waals surface area contributed by atoms with E-state index in [0.29, 0.717) is 12.8 Å². The normalized spacial score (nSPS) is 14.8. The summed E-state index contributed by atoms with van der Waals surface area (Å²) in [4.78, 5) is 34.9. The Morgan fingerprint density at radius 3 is 1.46 bits per heavy atom. The van der Waals surface area contributed by atoms with E-state index in [1.807, 2.05) is 0 Å². The molecule has 3 N–H and O–H groups in total. The van der Waals surface area contributed by atoms with Gasteiger partial charge in [-0.05, 0) is 96.3 Å². The monoisotopic (exact) mass is 819 g/mol. The van der Waals surface area contributed by atoms with Gasteiger partial charge < -0.3 is 24.6 Å². The number of rotatable bonds is 38. The van der Waals surface area contributed by atoms with E-state index in [-0.39, 0.29) is 19.4 Å². The van der Waals surface area contributed by atoms with Crippen molar-refractivity contribution in [2.75, 3.05) is 26.4 Å². The molecule has 0 saturated carbocycles. The number of allylic oxidation sites excluding steroid dienone is 16. The van der Waals surface area contributed by atoms with Crippen LogP contribution in [0.5, 0.6) is 0 Å². The van der Waals surface area contributed by atoms with Gasteiger partial charge in [0.15, 0.2) is 6.10 Å². The van der Waals surface area contributed by atoms with E-state index < -0.39 is 51.8 Å². The first-order chi connectivity index (χ1) is 27.7. The van der Waals surface area contributed by atoms with Crippen molar-refractivity contribution in [2.24, 2.45) is 0 Å². The molecule has 0 aliphatic heterocycles. The predicted molar refractivity (Wildman–Crippen MR) is 232 cm³/mol. The first kappa shape index (κ1) is 53.9. The number of aliphatic hydroxyl groups is 2. The van der Waals surface area contributed by atoms with Crippen molar-refractivity contribution >= 4 is 19.8 Å². The molecule has 0 rings (SSSR count). The van der Waals surface area contributed by atoms with Crippen LogP contribution in [-0.4, -0.2) is 65.7 Å². The molecule has 0 spiro atoms. The summed E-state index contributed by atoms with van der Waals surface area (Å²) in [5, 5.41) is 18.3. The lowest BCUT2D eigenvalue weighted by Gasteiger charge is -2.20. The molecule has 0 saturated heterocycles. The van der Waals surface area contributed by atoms with Crippen LogP contribution in [0.15, 0.2) is 97.2 Å². The maximum absolute atomic E-state index is 12.6. The van der Waals surface area contributed by atoms with E-state index in [2.05, 4.69) is 116 Å². The SMILES string of the molecule is CC/C=C/C/C=C/C/C=C/C/C=C/CCCCC(=O)O[C@H](COC(=O)CCCCC/C=C/C/C=C/C/C=C/C/C=C/CCCCC)COP(=O)(O)OC[C@@H](O)CO. The van der Waals surface area contributed by atoms with Gasteiger partial charge in [-0.1, -0.05) is 130 Å². The van der Waals surface area contributed by atoms with Gasteiger partial charge in [0.1, 0.15) is 12.7 Å². The average Bonchev–Trinajstić information content (AvgIpc) is 3.20. The third-order valence-electron chi connectivity index (χ3n) is 8.22. The van der Waals surface area contributed by atoms with Gasteiger partial charge >= 0.3 is 19.8 Å². The molecule has 0 aliphatic rings. The van der Waals surface area contributed by atoms with Crippen LogP contribution in [0.3, 0.4) is 0 Å². The molecule has 3 atom stereocenters. The molecule has 324 valence electrons. The van der Waals surface area contributed by atoms with Crippen LogP contribution in [0.25, 0.3) is 0 Å². The maximum atomic E-state index is 12.6. The van der Waals surface area contributed by atoms with Gasteiger partial charge in [-0.15, -0.1) is 0 Å². The lowest BCUT2D eigenvalue weighted by Crippen LogP contribution is -2.29. The van der Waals surface area contributed by atoms with Crippen molar-refractivity contribution in [3.63, 3.8) is 0 Å². The summed E-state index contributed by atoms with van der Waals surface area (Å²) in [6.45, 7) is 2.12. The largest absolute Gasteiger partial charge is 0.472 e. The molecule has 0 heterocycles. The number of carbonyl (C=O) groups excluding carboxylic acids is 2. The van der Waals surface area contributed by atoms with Crippen molar-refractivity contribution in [3.05, 3.63) is 97.2 Å². The Labute approximate surface area is 344 Å². The highest BCUT2D eigenvalue weighted by Gasteiger charge is 2.27. The summed E-state index contributed by atoms with van der Waals surface area (Å²) in [6, 6.07) is 0. The van der Waals surface area contributed by atoms with E-state index in [0.717, 1.165) is 77.0 Å². The summed E-state index contributed by atoms with van der Waals surface area (Å²) in [6.07, 6.45) is 49.5. The lowest BCUT2D eigenvalue weighted by molar-refractivity contribution is -0.161. The van der Waals surface area contributed by atoms with Gasteiger partial charge in [-0.25, -0.2) is 4.57 Å². The fraction of sp³-hybridized carbons (Fsp3) is 0.609. The second-order valence-corrected chi connectivity index (χ2v) is 15.1. The van der Waals surface area contributed by atoms with Crippen LogP contribution in [-0.2, 0) is 32.7 Å². The van der Waals surface area contributed by atoms with Crippen LogP contribution in [0, 0.1) is 0 Å². The predicted octanol–water partition coefficient (Wildman–Crippen LogP) is 11.2. The number of unbranched alkanes of at least 4 members (excludes halogenated alkanes) is 8. The molecule has 57 heavy (non-hydrogen) atoms. The number of aliphatic hydroxyl groups excluding tert-OH is 2. The van der Waals surface area contributed by atoms with Crippen molar-refractivity contribution in [2.45, 2.75) is 154 Å². The van der Waals surface area contributed by atoms with Crippen molar-refractivity contribution < 1.29 is 47.8 Å². The highest BCUT2D eigenvalue weighted by molar-refractivity contribution is 7.47. The molecule has 0 radical (unpaired) electrons. The zero-order valence-corrected chi connectivity index (χ0v) is 35.9. The van der Waals surface area contributed by atoms with Crippen LogP contribution in [0.4, 0.5) is 0 Å². The van der Waals surface area contributed by atoms with E-state index in [1.165, 1.54) is 25.7 Å². The molecule has 0 aromatic rings. The van der Waals surface area contributed by atoms with E-state index in [9.17, 15) is 24.2 Å². The van der Waals surface area contributed by atoms with Crippen molar-refractivity contribution in [3.8, 4) is 0 Å². The molecule has 1 unspecified atom stereocenters. The first-order valence-corrected chi connectivity index (χ1v) is 22.7. The highest BCUT2D eigenvalue weighted by Crippen LogP contribution is 2.43. The van der Waals surface area contributed by atoms with Crippen molar-refractivity contribution in [1.29, 1.82) is 0 Å². The summed E-state index contributed by atoms with van der Waals surface area (Å²) in [7, 11) is -4.64. The van der Waals surface area contributed by atoms with Gasteiger partial charge in [0, 0.05) is 12.8 Å². The minimum absolute atomic E-state index is 0.118. The first-order valence-electron chi connectivity index (χ1n) is 21.2. The third kappa shape index (κ3) is 40.9. The number of phosphoric ester groups is 1. The highest BCUT2D eigenvalue weighted by atomic mass is 31.2. The molecule has 10 nitrogen and oxygen atoms in total. The van der Waals surface area contributed by atoms with Gasteiger partial charge in [0.2, 0.25) is 0 Å². The van der Waals surface area contributed by atoms with Crippen molar-refractivity contribution in [1.82, 2.24) is 0 Å². The minimum atomic E-state index is -4.64. The van der Waals surface area contributed by atoms with Gasteiger partial charge in [0.25, 0.3) is 0 Å². The number of esters is 2. The average molecular weight is 819 g/mol. The quantitative estimate of drug-likeness (QED) is 0.0238. The Hall–Kier alpha value is -3.11. The minimum Gasteiger partial charge on any atom is -0.462 e. The zero-order valence-electron chi connectivity index (χ0n) is 35.0. The summed E-state index contributed by atoms with van der Waals surface area (Å²) in [5.74, 6) is -1.02. The Balaban J connectivity index is 4.46. The molecular formula is C46H75O10P. The number of hydrogen-bond donors (Lipinski definition) is 3. The standard InChI is InChI=1S/C46H75O10P/c1-3-5-7-9-11-13-15-17-19-20-21-22-24-25-27-29-31-33-35-37-45(49)53-41-44(42-55-57(51,52)54-40-43(48)39-47)56-46(50)38-36-34-32-30-28-26-23-18-16-14-12-10-8-6-4-2/h6,8,11-14,17-19,21-23,25,27-28,30,43-44,47-48H,3-5,7,9-10,15-16,20,24,26,29,31-42H2,1-2H3,(H,51,52)/b8-6+,13-11+,14-12+,19-17+,22-21+,23-18+,27-25+,30-28+/t43-,44+/m0/s1. The van der Waals surface area contributed by atoms with E-state index in [4.69, 9.17) is 19.1 Å². The van der Waals surface area contributed by atoms with Gasteiger partial charge in [-0.3, -0.25) is 18.6 Å². The van der Waals surface area contributed by atoms with Crippen LogP contribution in [0.1, 0.15) is 142 Å². The Morgan fingerprint density at radius 2 is 0.965 bits per heavy atom. The second-order valence-electron chi connectivity index (χ2n) is 13.6. The Morgan fingerprint density at radius 1 is 0.544 bits per heavy atom. The molecule has 0 fully saturated rings. The second kappa shape index (κ2) is 41.1. The van der Waals surface area contributed by atoms with E-state index >= 15 is 0 Å². The Kier molecular flexibility index (Phi) is 38.8. The summed E-state index contributed by atoms with van der Waals surface area (Å²) < 4.78 is 32.6. The zero-order chi connectivity index (χ0) is 41.9. The molecule has 0 aromatic carbocycles. The number of phosphoric acid groups is 1. The third-order valence-corrected chi connectivity index (χ3v) is 9.17. The molecular weight excluding hydrogens is 743 g/mol. The van der Waals surface area contributed by atoms with Gasteiger partial charge in [-0.2, -0.15) is 0 Å². The van der Waals surface area contributed by atoms with Crippen LogP contribution < -0.4 is 0 Å². The summed E-state index contributed by atoms with van der Waals surface area (Å²) >= 11 is 0. The maximum Gasteiger partial charge on any atom is 0.472 e. The van der Waals surface area contributed by atoms with Crippen LogP contribution >= 0.6 is 7.82 Å². The molecule has 0 aliphatic carbocycles. The number of ether oxygens (including phenoxy) is 2. The number of hydrogen-bond acceptors (Lipinski definition) is 9. The van der Waals surface area contributed by atoms with Crippen LogP contribution in [0.2, 0.25) is 0 Å². The number of carbonyl (C=O) groups is 2. The fourth-order valence-electron chi connectivity index (χ4n) is 4.96. The lowest BCUT2D eigenvalue weighted by atomic mass is 10.1. The topological polar surface area (TPSA) is 149 Å². The molecule has 0 bridgehead atoms. The molecule has 0 aromatic heterocycles.